The zero-order valence-corrected chi connectivity index (χ0v) is 17.0. The van der Waals surface area contributed by atoms with Gasteiger partial charge in [-0.05, 0) is 53.9 Å². The number of carbonyl (C=O) groups excluding carboxylic acids is 1. The van der Waals surface area contributed by atoms with Crippen molar-refractivity contribution in [1.29, 1.82) is 0 Å². The van der Waals surface area contributed by atoms with E-state index in [1.807, 2.05) is 30.3 Å². The molecule has 0 spiro atoms. The van der Waals surface area contributed by atoms with E-state index in [0.29, 0.717) is 18.0 Å². The largest absolute Gasteiger partial charge is 0.486 e. The molecule has 7 heteroatoms. The summed E-state index contributed by atoms with van der Waals surface area (Å²) in [6.45, 7) is 2.72. The molecule has 4 rings (SSSR count). The first-order chi connectivity index (χ1) is 15.1. The number of anilines is 1. The summed E-state index contributed by atoms with van der Waals surface area (Å²) in [5.74, 6) is 0.784. The maximum atomic E-state index is 13.3. The van der Waals surface area contributed by atoms with Gasteiger partial charge < -0.3 is 14.5 Å². The van der Waals surface area contributed by atoms with Crippen LogP contribution in [0.3, 0.4) is 0 Å². The number of aromatic nitrogens is 2. The predicted molar refractivity (Wildman–Crippen MR) is 115 cm³/mol. The number of halogens is 1. The van der Waals surface area contributed by atoms with Crippen LogP contribution in [-0.4, -0.2) is 15.7 Å². The highest BCUT2D eigenvalue weighted by Crippen LogP contribution is 2.17. The number of carbonyl (C=O) groups is 1. The Kier molecular flexibility index (Phi) is 6.12. The van der Waals surface area contributed by atoms with Crippen LogP contribution in [0.4, 0.5) is 10.1 Å². The third-order valence-electron chi connectivity index (χ3n) is 4.72. The third kappa shape index (κ3) is 5.39. The summed E-state index contributed by atoms with van der Waals surface area (Å²) in [5.41, 5.74) is 2.54. The minimum Gasteiger partial charge on any atom is -0.486 e. The van der Waals surface area contributed by atoms with Gasteiger partial charge in [0.05, 0.1) is 18.4 Å². The summed E-state index contributed by atoms with van der Waals surface area (Å²) in [4.78, 5) is 12.5. The molecule has 4 aromatic rings. The molecule has 0 saturated heterocycles. The van der Waals surface area contributed by atoms with Gasteiger partial charge in [0.25, 0.3) is 5.91 Å². The molecule has 0 fully saturated rings. The Morgan fingerprint density at radius 3 is 2.74 bits per heavy atom. The minimum absolute atomic E-state index is 0.179. The zero-order valence-electron chi connectivity index (χ0n) is 17.0. The van der Waals surface area contributed by atoms with Crippen molar-refractivity contribution in [3.8, 4) is 5.75 Å². The van der Waals surface area contributed by atoms with Gasteiger partial charge >= 0.3 is 0 Å². The first kappa shape index (κ1) is 20.4. The standard InChI is InChI=1S/C24H22FN3O3/c1-2-17-6-8-21(9-7-17)30-16-22-10-11-23(31-22)24(29)27-20-13-26-28(15-20)14-18-4-3-5-19(25)12-18/h3-13,15H,2,14,16H2,1H3,(H,27,29). The van der Waals surface area contributed by atoms with E-state index in [0.717, 1.165) is 17.7 Å². The summed E-state index contributed by atoms with van der Waals surface area (Å²) < 4.78 is 26.2. The normalized spacial score (nSPS) is 10.8. The van der Waals surface area contributed by atoms with E-state index in [-0.39, 0.29) is 24.1 Å². The van der Waals surface area contributed by atoms with Crippen molar-refractivity contribution in [3.63, 3.8) is 0 Å². The predicted octanol–water partition coefficient (Wildman–Crippen LogP) is 5.06. The van der Waals surface area contributed by atoms with E-state index in [2.05, 4.69) is 17.3 Å². The van der Waals surface area contributed by atoms with Crippen LogP contribution in [0.25, 0.3) is 0 Å². The van der Waals surface area contributed by atoms with E-state index in [1.54, 1.807) is 29.1 Å². The van der Waals surface area contributed by atoms with Gasteiger partial charge in [0.2, 0.25) is 0 Å². The maximum absolute atomic E-state index is 13.3. The van der Waals surface area contributed by atoms with Gasteiger partial charge in [-0.1, -0.05) is 31.2 Å². The summed E-state index contributed by atoms with van der Waals surface area (Å²) in [6, 6.07) is 17.5. The zero-order chi connectivity index (χ0) is 21.6. The third-order valence-corrected chi connectivity index (χ3v) is 4.72. The fourth-order valence-corrected chi connectivity index (χ4v) is 3.08. The Morgan fingerprint density at radius 2 is 1.97 bits per heavy atom. The van der Waals surface area contributed by atoms with Gasteiger partial charge in [0.1, 0.15) is 23.9 Å². The Morgan fingerprint density at radius 1 is 1.13 bits per heavy atom. The second kappa shape index (κ2) is 9.30. The highest BCUT2D eigenvalue weighted by Gasteiger charge is 2.13. The van der Waals surface area contributed by atoms with Crippen molar-refractivity contribution in [2.45, 2.75) is 26.5 Å². The molecule has 158 valence electrons. The van der Waals surface area contributed by atoms with E-state index in [9.17, 15) is 9.18 Å². The monoisotopic (exact) mass is 419 g/mol. The molecule has 2 heterocycles. The molecule has 0 bridgehead atoms. The lowest BCUT2D eigenvalue weighted by atomic mass is 10.2. The first-order valence-corrected chi connectivity index (χ1v) is 9.98. The molecule has 1 amide bonds. The Bertz CT molecular complexity index is 1160. The fraction of sp³-hybridized carbons (Fsp3) is 0.167. The highest BCUT2D eigenvalue weighted by atomic mass is 19.1. The number of rotatable bonds is 8. The van der Waals surface area contributed by atoms with Crippen molar-refractivity contribution in [3.05, 3.63) is 102 Å². The fourth-order valence-electron chi connectivity index (χ4n) is 3.08. The minimum atomic E-state index is -0.385. The van der Waals surface area contributed by atoms with Crippen molar-refractivity contribution in [1.82, 2.24) is 9.78 Å². The molecule has 1 N–H and O–H groups in total. The second-order valence-electron chi connectivity index (χ2n) is 7.06. The maximum Gasteiger partial charge on any atom is 0.291 e. The van der Waals surface area contributed by atoms with Crippen LogP contribution >= 0.6 is 0 Å². The van der Waals surface area contributed by atoms with Crippen LogP contribution in [-0.2, 0) is 19.6 Å². The number of hydrogen-bond donors (Lipinski definition) is 1. The summed E-state index contributed by atoms with van der Waals surface area (Å²) >= 11 is 0. The quantitative estimate of drug-likeness (QED) is 0.434. The Labute approximate surface area is 179 Å². The van der Waals surface area contributed by atoms with E-state index in [1.165, 1.54) is 23.9 Å². The molecule has 31 heavy (non-hydrogen) atoms. The van der Waals surface area contributed by atoms with Gasteiger partial charge in [-0.15, -0.1) is 0 Å². The van der Waals surface area contributed by atoms with Crippen LogP contribution in [0.1, 0.15) is 34.4 Å². The van der Waals surface area contributed by atoms with Gasteiger partial charge in [0, 0.05) is 6.20 Å². The molecule has 0 aliphatic heterocycles. The molecule has 0 unspecified atom stereocenters. The van der Waals surface area contributed by atoms with Gasteiger partial charge in [-0.3, -0.25) is 9.48 Å². The molecule has 2 aromatic heterocycles. The smallest absolute Gasteiger partial charge is 0.291 e. The number of ether oxygens (including phenoxy) is 1. The van der Waals surface area contributed by atoms with Crippen LogP contribution in [0.2, 0.25) is 0 Å². The van der Waals surface area contributed by atoms with Gasteiger partial charge in [-0.2, -0.15) is 5.10 Å². The van der Waals surface area contributed by atoms with E-state index in [4.69, 9.17) is 9.15 Å². The van der Waals surface area contributed by atoms with Crippen LogP contribution in [0, 0.1) is 5.82 Å². The number of nitrogens with zero attached hydrogens (tertiary/aromatic N) is 2. The first-order valence-electron chi connectivity index (χ1n) is 9.98. The van der Waals surface area contributed by atoms with Crippen molar-refractivity contribution in [2.75, 3.05) is 5.32 Å². The SMILES string of the molecule is CCc1ccc(OCc2ccc(C(=O)Nc3cnn(Cc4cccc(F)c4)c3)o2)cc1. The topological polar surface area (TPSA) is 69.3 Å². The highest BCUT2D eigenvalue weighted by molar-refractivity contribution is 6.02. The van der Waals surface area contributed by atoms with Crippen LogP contribution in [0.5, 0.6) is 5.75 Å². The molecule has 6 nitrogen and oxygen atoms in total. The average Bonchev–Trinajstić information content (AvgIpc) is 3.42. The van der Waals surface area contributed by atoms with Crippen molar-refractivity contribution < 1.29 is 18.3 Å². The number of nitrogens with one attached hydrogen (secondary N) is 1. The number of amides is 1. The second-order valence-corrected chi connectivity index (χ2v) is 7.06. The van der Waals surface area contributed by atoms with E-state index < -0.39 is 0 Å². The lowest BCUT2D eigenvalue weighted by molar-refractivity contribution is 0.0992. The lowest BCUT2D eigenvalue weighted by Gasteiger charge is -2.05. The summed E-state index contributed by atoms with van der Waals surface area (Å²) in [5, 5.41) is 6.94. The number of aryl methyl sites for hydroxylation is 1. The van der Waals surface area contributed by atoms with Crippen LogP contribution in [0.15, 0.2) is 77.5 Å². The molecule has 0 saturated carbocycles. The number of furan rings is 1. The van der Waals surface area contributed by atoms with Crippen molar-refractivity contribution >= 4 is 11.6 Å². The molecule has 0 aliphatic carbocycles. The lowest BCUT2D eigenvalue weighted by Crippen LogP contribution is -2.10. The van der Waals surface area contributed by atoms with Gasteiger partial charge in [0.15, 0.2) is 5.76 Å². The molecule has 2 aromatic carbocycles. The number of benzene rings is 2. The van der Waals surface area contributed by atoms with Crippen LogP contribution < -0.4 is 10.1 Å². The molecule has 0 aliphatic rings. The Hall–Kier alpha value is -3.87. The van der Waals surface area contributed by atoms with E-state index >= 15 is 0 Å². The Balaban J connectivity index is 1.32. The molecule has 0 atom stereocenters. The molecular formula is C24H22FN3O3. The summed E-state index contributed by atoms with van der Waals surface area (Å²) in [6.07, 6.45) is 4.18. The summed E-state index contributed by atoms with van der Waals surface area (Å²) in [7, 11) is 0. The molecule has 0 radical (unpaired) electrons. The number of hydrogen-bond acceptors (Lipinski definition) is 4. The molecular weight excluding hydrogens is 397 g/mol. The van der Waals surface area contributed by atoms with Crippen molar-refractivity contribution in [2.24, 2.45) is 0 Å². The average molecular weight is 419 g/mol. The van der Waals surface area contributed by atoms with Gasteiger partial charge in [-0.25, -0.2) is 4.39 Å².